The van der Waals surface area contributed by atoms with Crippen molar-refractivity contribution >= 4 is 29.3 Å². The molecule has 140 valence electrons. The first-order chi connectivity index (χ1) is 13.5. The number of aromatic nitrogens is 2. The topological polar surface area (TPSA) is 98.6 Å². The van der Waals surface area contributed by atoms with E-state index in [9.17, 15) is 14.9 Å². The second-order valence-corrected chi connectivity index (χ2v) is 7.12. The van der Waals surface area contributed by atoms with Crippen molar-refractivity contribution in [3.8, 4) is 17.3 Å². The number of nitrogens with zero attached hydrogens (tertiary/aromatic N) is 2. The average molecular weight is 411 g/mol. The predicted octanol–water partition coefficient (Wildman–Crippen LogP) is 3.61. The van der Waals surface area contributed by atoms with E-state index in [1.165, 1.54) is 18.8 Å². The summed E-state index contributed by atoms with van der Waals surface area (Å²) in [6.45, 7) is 0. The fourth-order valence-corrected chi connectivity index (χ4v) is 3.69. The number of H-pyrrole nitrogens is 1. The molecule has 0 aliphatic heterocycles. The number of halogens is 1. The summed E-state index contributed by atoms with van der Waals surface area (Å²) in [5, 5.41) is 12.9. The summed E-state index contributed by atoms with van der Waals surface area (Å²) >= 11 is 7.48. The number of carbonyl (C=O) groups excluding carboxylic acids is 1. The lowest BCUT2D eigenvalue weighted by molar-refractivity contribution is 0.0963. The van der Waals surface area contributed by atoms with E-state index < -0.39 is 5.56 Å². The minimum absolute atomic E-state index is 0.101. The number of carbonyl (C=O) groups is 1. The van der Waals surface area contributed by atoms with E-state index in [2.05, 4.69) is 15.3 Å². The highest BCUT2D eigenvalue weighted by molar-refractivity contribution is 7.98. The quantitative estimate of drug-likeness (QED) is 0.494. The molecular formula is C20H15ClN4O2S. The molecule has 28 heavy (non-hydrogen) atoms. The maximum absolute atomic E-state index is 12.4. The van der Waals surface area contributed by atoms with Crippen molar-refractivity contribution in [3.05, 3.63) is 80.6 Å². The van der Waals surface area contributed by atoms with Crippen LogP contribution in [0.1, 0.15) is 21.5 Å². The summed E-state index contributed by atoms with van der Waals surface area (Å²) in [7, 11) is 1.53. The molecule has 0 aliphatic rings. The van der Waals surface area contributed by atoms with Crippen LogP contribution in [0.15, 0.2) is 58.5 Å². The zero-order valence-electron chi connectivity index (χ0n) is 14.8. The fraction of sp³-hybridized carbons (Fsp3) is 0.100. The number of rotatable bonds is 5. The fourth-order valence-electron chi connectivity index (χ4n) is 2.55. The first-order valence-corrected chi connectivity index (χ1v) is 9.63. The lowest BCUT2D eigenvalue weighted by Crippen LogP contribution is -2.18. The third-order valence-electron chi connectivity index (χ3n) is 3.96. The largest absolute Gasteiger partial charge is 0.355 e. The Hall–Kier alpha value is -3.08. The van der Waals surface area contributed by atoms with Crippen molar-refractivity contribution < 1.29 is 4.79 Å². The molecule has 0 unspecified atom stereocenters. The van der Waals surface area contributed by atoms with Gasteiger partial charge in [0.05, 0.1) is 5.69 Å². The Morgan fingerprint density at radius 3 is 2.79 bits per heavy atom. The van der Waals surface area contributed by atoms with Gasteiger partial charge in [0.2, 0.25) is 0 Å². The average Bonchev–Trinajstić information content (AvgIpc) is 2.72. The van der Waals surface area contributed by atoms with E-state index >= 15 is 0 Å². The van der Waals surface area contributed by atoms with Gasteiger partial charge in [-0.2, -0.15) is 5.26 Å². The number of nitrogens with one attached hydrogen (secondary N) is 2. The molecule has 0 radical (unpaired) electrons. The van der Waals surface area contributed by atoms with Gasteiger partial charge < -0.3 is 10.3 Å². The van der Waals surface area contributed by atoms with Crippen molar-refractivity contribution in [2.24, 2.45) is 0 Å². The van der Waals surface area contributed by atoms with Crippen LogP contribution >= 0.6 is 23.4 Å². The summed E-state index contributed by atoms with van der Waals surface area (Å²) in [6, 6.07) is 15.9. The third-order valence-corrected chi connectivity index (χ3v) is 5.25. The highest BCUT2D eigenvalue weighted by atomic mass is 35.5. The molecular weight excluding hydrogens is 396 g/mol. The van der Waals surface area contributed by atoms with E-state index in [0.29, 0.717) is 27.1 Å². The van der Waals surface area contributed by atoms with Crippen LogP contribution < -0.4 is 10.9 Å². The second kappa shape index (κ2) is 8.74. The summed E-state index contributed by atoms with van der Waals surface area (Å²) in [4.78, 5) is 31.4. The van der Waals surface area contributed by atoms with Crippen LogP contribution in [0.3, 0.4) is 0 Å². The molecule has 3 rings (SSSR count). The van der Waals surface area contributed by atoms with Crippen LogP contribution in [0.5, 0.6) is 0 Å². The Morgan fingerprint density at radius 1 is 1.29 bits per heavy atom. The smallest absolute Gasteiger partial charge is 0.270 e. The Kier molecular flexibility index (Phi) is 6.14. The molecule has 6 nitrogen and oxygen atoms in total. The predicted molar refractivity (Wildman–Crippen MR) is 109 cm³/mol. The van der Waals surface area contributed by atoms with Crippen LogP contribution in [0, 0.1) is 11.3 Å². The molecule has 2 N–H and O–H groups in total. The summed E-state index contributed by atoms with van der Waals surface area (Å²) in [5.41, 5.74) is 1.44. The van der Waals surface area contributed by atoms with Crippen LogP contribution in [-0.2, 0) is 5.75 Å². The van der Waals surface area contributed by atoms with E-state index in [-0.39, 0.29) is 17.2 Å². The molecule has 0 saturated carbocycles. The van der Waals surface area contributed by atoms with Gasteiger partial charge >= 0.3 is 0 Å². The Morgan fingerprint density at radius 2 is 2.07 bits per heavy atom. The maximum atomic E-state index is 12.4. The van der Waals surface area contributed by atoms with E-state index in [0.717, 1.165) is 5.56 Å². The molecule has 1 aromatic heterocycles. The van der Waals surface area contributed by atoms with Gasteiger partial charge in [-0.3, -0.25) is 9.59 Å². The van der Waals surface area contributed by atoms with Gasteiger partial charge in [0, 0.05) is 29.0 Å². The van der Waals surface area contributed by atoms with Crippen molar-refractivity contribution in [2.75, 3.05) is 7.05 Å². The maximum Gasteiger partial charge on any atom is 0.270 e. The first kappa shape index (κ1) is 19.7. The molecule has 3 aromatic rings. The van der Waals surface area contributed by atoms with Gasteiger partial charge in [-0.25, -0.2) is 4.98 Å². The van der Waals surface area contributed by atoms with Crippen LogP contribution in [0.2, 0.25) is 5.02 Å². The Labute approximate surface area is 170 Å². The zero-order valence-corrected chi connectivity index (χ0v) is 16.4. The normalized spacial score (nSPS) is 10.3. The number of hydrogen-bond acceptors (Lipinski definition) is 5. The van der Waals surface area contributed by atoms with Crippen molar-refractivity contribution in [1.82, 2.24) is 15.3 Å². The number of hydrogen-bond donors (Lipinski definition) is 2. The highest BCUT2D eigenvalue weighted by Gasteiger charge is 2.15. The number of aromatic amines is 1. The van der Waals surface area contributed by atoms with Crippen LogP contribution in [0.25, 0.3) is 11.3 Å². The molecule has 0 spiro atoms. The van der Waals surface area contributed by atoms with E-state index in [4.69, 9.17) is 11.6 Å². The molecule has 0 fully saturated rings. The lowest BCUT2D eigenvalue weighted by atomic mass is 10.0. The van der Waals surface area contributed by atoms with Gasteiger partial charge in [-0.05, 0) is 23.8 Å². The summed E-state index contributed by atoms with van der Waals surface area (Å²) in [5.74, 6) is 0.241. The lowest BCUT2D eigenvalue weighted by Gasteiger charge is -2.08. The SMILES string of the molecule is CNC(=O)c1cccc(-c2nc(SCc3ccccc3Cl)[nH]c(=O)c2C#N)c1. The van der Waals surface area contributed by atoms with E-state index in [1.54, 1.807) is 30.3 Å². The Bertz CT molecular complexity index is 1140. The van der Waals surface area contributed by atoms with Crippen molar-refractivity contribution in [1.29, 1.82) is 5.26 Å². The van der Waals surface area contributed by atoms with Gasteiger partial charge in [-0.1, -0.05) is 53.7 Å². The number of benzene rings is 2. The summed E-state index contributed by atoms with van der Waals surface area (Å²) in [6.07, 6.45) is 0. The second-order valence-electron chi connectivity index (χ2n) is 5.75. The van der Waals surface area contributed by atoms with Gasteiger partial charge in [0.1, 0.15) is 11.6 Å². The molecule has 0 atom stereocenters. The zero-order chi connectivity index (χ0) is 20.1. The minimum Gasteiger partial charge on any atom is -0.355 e. The third kappa shape index (κ3) is 4.25. The first-order valence-electron chi connectivity index (χ1n) is 8.26. The molecule has 0 bridgehead atoms. The summed E-state index contributed by atoms with van der Waals surface area (Å²) < 4.78 is 0. The van der Waals surface area contributed by atoms with E-state index in [1.807, 2.05) is 24.3 Å². The molecule has 0 aliphatic carbocycles. The number of amides is 1. The monoisotopic (exact) mass is 410 g/mol. The van der Waals surface area contributed by atoms with Crippen molar-refractivity contribution in [3.63, 3.8) is 0 Å². The molecule has 8 heteroatoms. The van der Waals surface area contributed by atoms with Crippen LogP contribution in [-0.4, -0.2) is 22.9 Å². The molecule has 2 aromatic carbocycles. The standard InChI is InChI=1S/C20H15ClN4O2S/c1-23-18(26)13-7-4-6-12(9-13)17-15(10-22)19(27)25-20(24-17)28-11-14-5-2-3-8-16(14)21/h2-9H,11H2,1H3,(H,23,26)(H,24,25,27). The number of thioether (sulfide) groups is 1. The van der Waals surface area contributed by atoms with Crippen LogP contribution in [0.4, 0.5) is 0 Å². The highest BCUT2D eigenvalue weighted by Crippen LogP contribution is 2.27. The van der Waals surface area contributed by atoms with Gasteiger partial charge in [0.25, 0.3) is 11.5 Å². The van der Waals surface area contributed by atoms with Gasteiger partial charge in [0.15, 0.2) is 5.16 Å². The Balaban J connectivity index is 2.00. The van der Waals surface area contributed by atoms with Crippen molar-refractivity contribution in [2.45, 2.75) is 10.9 Å². The molecule has 0 saturated heterocycles. The minimum atomic E-state index is -0.528. The molecule has 1 amide bonds. The number of nitriles is 1. The van der Waals surface area contributed by atoms with Gasteiger partial charge in [-0.15, -0.1) is 0 Å². The molecule has 1 heterocycles.